The molecule has 0 spiro atoms. The van der Waals surface area contributed by atoms with Crippen molar-refractivity contribution in [2.75, 3.05) is 27.4 Å². The van der Waals surface area contributed by atoms with Crippen LogP contribution in [0.5, 0.6) is 11.5 Å². The average Bonchev–Trinajstić information content (AvgIpc) is 2.45. The summed E-state index contributed by atoms with van der Waals surface area (Å²) in [6, 6.07) is 5.28. The maximum Gasteiger partial charge on any atom is 0.261 e. The van der Waals surface area contributed by atoms with Gasteiger partial charge >= 0.3 is 0 Å². The molecule has 1 N–H and O–H groups in total. The fourth-order valence-corrected chi connectivity index (χ4v) is 2.04. The Hall–Kier alpha value is -1.75. The van der Waals surface area contributed by atoms with Gasteiger partial charge in [0.05, 0.1) is 14.2 Å². The van der Waals surface area contributed by atoms with Gasteiger partial charge < -0.3 is 19.5 Å². The van der Waals surface area contributed by atoms with Crippen molar-refractivity contribution >= 4 is 5.91 Å². The van der Waals surface area contributed by atoms with Crippen LogP contribution in [0.3, 0.4) is 0 Å². The van der Waals surface area contributed by atoms with E-state index in [0.29, 0.717) is 30.0 Å². The normalized spacial score (nSPS) is 10.5. The van der Waals surface area contributed by atoms with Crippen molar-refractivity contribution in [2.24, 2.45) is 0 Å². The molecule has 0 aliphatic rings. The predicted molar refractivity (Wildman–Crippen MR) is 77.4 cm³/mol. The van der Waals surface area contributed by atoms with Crippen molar-refractivity contribution in [1.82, 2.24) is 4.90 Å². The largest absolute Gasteiger partial charge is 0.496 e. The zero-order valence-corrected chi connectivity index (χ0v) is 12.5. The molecule has 0 aliphatic carbocycles. The first-order chi connectivity index (χ1) is 9.56. The van der Waals surface area contributed by atoms with E-state index in [2.05, 4.69) is 0 Å². The number of hydrogen-bond donors (Lipinski definition) is 1. The summed E-state index contributed by atoms with van der Waals surface area (Å²) >= 11 is 0. The van der Waals surface area contributed by atoms with Crippen LogP contribution in [0.4, 0.5) is 0 Å². The molecule has 0 radical (unpaired) electrons. The Morgan fingerprint density at radius 1 is 1.25 bits per heavy atom. The van der Waals surface area contributed by atoms with Gasteiger partial charge in [0.15, 0.2) is 0 Å². The number of carbonyl (C=O) groups is 1. The minimum Gasteiger partial charge on any atom is -0.496 e. The first-order valence-electron chi connectivity index (χ1n) is 6.69. The highest BCUT2D eigenvalue weighted by atomic mass is 16.5. The topological polar surface area (TPSA) is 59.0 Å². The number of hydrogen-bond acceptors (Lipinski definition) is 4. The minimum absolute atomic E-state index is 0.0312. The Morgan fingerprint density at radius 3 is 2.20 bits per heavy atom. The highest BCUT2D eigenvalue weighted by molar-refractivity contribution is 5.99. The number of aliphatic hydroxyl groups excluding tert-OH is 1. The summed E-state index contributed by atoms with van der Waals surface area (Å²) < 4.78 is 10.5. The molecule has 0 fully saturated rings. The molecule has 0 unspecified atom stereocenters. The van der Waals surface area contributed by atoms with E-state index in [1.165, 1.54) is 14.2 Å². The number of aliphatic hydroxyl groups is 1. The smallest absolute Gasteiger partial charge is 0.261 e. The minimum atomic E-state index is -0.150. The van der Waals surface area contributed by atoms with Crippen LogP contribution < -0.4 is 9.47 Å². The Labute approximate surface area is 120 Å². The number of nitrogens with zero attached hydrogens (tertiary/aromatic N) is 1. The molecule has 1 rings (SSSR count). The Balaban J connectivity index is 3.16. The third kappa shape index (κ3) is 3.63. The molecule has 5 nitrogen and oxygen atoms in total. The second-order valence-electron chi connectivity index (χ2n) is 4.71. The van der Waals surface area contributed by atoms with E-state index < -0.39 is 0 Å². The second-order valence-corrected chi connectivity index (χ2v) is 4.71. The molecule has 112 valence electrons. The van der Waals surface area contributed by atoms with Gasteiger partial charge in [-0.3, -0.25) is 4.79 Å². The number of benzene rings is 1. The van der Waals surface area contributed by atoms with Crippen molar-refractivity contribution in [3.05, 3.63) is 23.8 Å². The van der Waals surface area contributed by atoms with Crippen LogP contribution in [0, 0.1) is 0 Å². The molecular weight excluding hydrogens is 258 g/mol. The first kappa shape index (κ1) is 16.3. The summed E-state index contributed by atoms with van der Waals surface area (Å²) in [4.78, 5) is 14.4. The SMILES string of the molecule is COc1cccc(OC)c1C(=O)N(CCCO)C(C)C. The van der Waals surface area contributed by atoms with Crippen molar-refractivity contribution < 1.29 is 19.4 Å². The number of methoxy groups -OCH3 is 2. The van der Waals surface area contributed by atoms with Crippen LogP contribution in [0.2, 0.25) is 0 Å². The molecule has 1 aromatic rings. The summed E-state index contributed by atoms with van der Waals surface area (Å²) in [6.07, 6.45) is 0.543. The summed E-state index contributed by atoms with van der Waals surface area (Å²) in [5.74, 6) is 0.829. The molecule has 0 saturated heterocycles. The zero-order valence-electron chi connectivity index (χ0n) is 12.5. The van der Waals surface area contributed by atoms with Crippen molar-refractivity contribution in [3.8, 4) is 11.5 Å². The number of amides is 1. The molecule has 0 saturated carbocycles. The van der Waals surface area contributed by atoms with E-state index in [4.69, 9.17) is 14.6 Å². The lowest BCUT2D eigenvalue weighted by molar-refractivity contribution is 0.0686. The van der Waals surface area contributed by atoms with Gasteiger partial charge in [0.2, 0.25) is 0 Å². The quantitative estimate of drug-likeness (QED) is 0.829. The van der Waals surface area contributed by atoms with Crippen molar-refractivity contribution in [1.29, 1.82) is 0 Å². The summed E-state index contributed by atoms with van der Waals surface area (Å²) in [5, 5.41) is 8.96. The number of rotatable bonds is 7. The highest BCUT2D eigenvalue weighted by Gasteiger charge is 2.25. The van der Waals surface area contributed by atoms with Gasteiger partial charge in [0.1, 0.15) is 17.1 Å². The Bertz CT molecular complexity index is 423. The van der Waals surface area contributed by atoms with Gasteiger partial charge in [-0.15, -0.1) is 0 Å². The van der Waals surface area contributed by atoms with Gasteiger partial charge in [-0.25, -0.2) is 0 Å². The van der Waals surface area contributed by atoms with Gasteiger partial charge in [0, 0.05) is 19.2 Å². The average molecular weight is 281 g/mol. The molecule has 1 amide bonds. The van der Waals surface area contributed by atoms with E-state index in [0.717, 1.165) is 0 Å². The van der Waals surface area contributed by atoms with Gasteiger partial charge in [0.25, 0.3) is 5.91 Å². The van der Waals surface area contributed by atoms with E-state index in [1.807, 2.05) is 13.8 Å². The summed E-state index contributed by atoms with van der Waals surface area (Å²) in [7, 11) is 3.05. The van der Waals surface area contributed by atoms with E-state index in [1.54, 1.807) is 23.1 Å². The molecular formula is C15H23NO4. The molecule has 1 aromatic carbocycles. The van der Waals surface area contributed by atoms with Crippen molar-refractivity contribution in [2.45, 2.75) is 26.3 Å². The van der Waals surface area contributed by atoms with Crippen LogP contribution in [0.1, 0.15) is 30.6 Å². The Kier molecular flexibility index (Phi) is 6.31. The summed E-state index contributed by atoms with van der Waals surface area (Å²) in [5.41, 5.74) is 0.420. The van der Waals surface area contributed by atoms with Crippen LogP contribution in [-0.2, 0) is 0 Å². The van der Waals surface area contributed by atoms with Crippen LogP contribution in [-0.4, -0.2) is 49.3 Å². The van der Waals surface area contributed by atoms with E-state index >= 15 is 0 Å². The molecule has 0 aliphatic heterocycles. The molecule has 0 heterocycles. The molecule has 0 bridgehead atoms. The Morgan fingerprint density at radius 2 is 1.80 bits per heavy atom. The number of ether oxygens (including phenoxy) is 2. The fraction of sp³-hybridized carbons (Fsp3) is 0.533. The monoisotopic (exact) mass is 281 g/mol. The van der Waals surface area contributed by atoms with Gasteiger partial charge in [-0.05, 0) is 32.4 Å². The maximum atomic E-state index is 12.7. The lowest BCUT2D eigenvalue weighted by Crippen LogP contribution is -2.38. The standard InChI is InChI=1S/C15H23NO4/c1-11(2)16(9-6-10-17)15(18)14-12(19-3)7-5-8-13(14)20-4/h5,7-8,11,17H,6,9-10H2,1-4H3. The van der Waals surface area contributed by atoms with Crippen LogP contribution >= 0.6 is 0 Å². The molecule has 0 aromatic heterocycles. The molecule has 5 heteroatoms. The first-order valence-corrected chi connectivity index (χ1v) is 6.69. The third-order valence-electron chi connectivity index (χ3n) is 3.08. The van der Waals surface area contributed by atoms with Crippen LogP contribution in [0.15, 0.2) is 18.2 Å². The van der Waals surface area contributed by atoms with Crippen molar-refractivity contribution in [3.63, 3.8) is 0 Å². The molecule has 20 heavy (non-hydrogen) atoms. The second kappa shape index (κ2) is 7.75. The molecule has 0 atom stereocenters. The van der Waals surface area contributed by atoms with Gasteiger partial charge in [-0.1, -0.05) is 6.07 Å². The lowest BCUT2D eigenvalue weighted by atomic mass is 10.1. The van der Waals surface area contributed by atoms with E-state index in [9.17, 15) is 4.79 Å². The predicted octanol–water partition coefficient (Wildman–Crippen LogP) is 1.94. The summed E-state index contributed by atoms with van der Waals surface area (Å²) in [6.45, 7) is 4.43. The lowest BCUT2D eigenvalue weighted by Gasteiger charge is -2.28. The highest BCUT2D eigenvalue weighted by Crippen LogP contribution is 2.30. The third-order valence-corrected chi connectivity index (χ3v) is 3.08. The zero-order chi connectivity index (χ0) is 15.1. The van der Waals surface area contributed by atoms with E-state index in [-0.39, 0.29) is 18.6 Å². The van der Waals surface area contributed by atoms with Crippen LogP contribution in [0.25, 0.3) is 0 Å². The number of carbonyl (C=O) groups excluding carboxylic acids is 1. The van der Waals surface area contributed by atoms with Gasteiger partial charge in [-0.2, -0.15) is 0 Å². The fourth-order valence-electron chi connectivity index (χ4n) is 2.04. The maximum absolute atomic E-state index is 12.7.